The molecule has 0 aliphatic heterocycles. The first-order valence-electron chi connectivity index (χ1n) is 4.47. The van der Waals surface area contributed by atoms with Crippen molar-refractivity contribution in [3.05, 3.63) is 0 Å². The van der Waals surface area contributed by atoms with Gasteiger partial charge in [-0.3, -0.25) is 0 Å². The molecule has 0 aromatic carbocycles. The van der Waals surface area contributed by atoms with Gasteiger partial charge in [-0.15, -0.1) is 0 Å². The number of anilines is 2. The number of hydrogen-bond acceptors (Lipinski definition) is 6. The number of nitrogens with two attached hydrogens (primary N) is 1. The summed E-state index contributed by atoms with van der Waals surface area (Å²) >= 11 is 1.25. The van der Waals surface area contributed by atoms with E-state index in [1.54, 1.807) is 0 Å². The fourth-order valence-corrected chi connectivity index (χ4v) is 1.50. The van der Waals surface area contributed by atoms with E-state index in [-0.39, 0.29) is 12.0 Å². The Kier molecular flexibility index (Phi) is 3.65. The molecule has 0 aliphatic carbocycles. The van der Waals surface area contributed by atoms with E-state index in [0.29, 0.717) is 5.95 Å². The predicted molar refractivity (Wildman–Crippen MR) is 58.3 cm³/mol. The summed E-state index contributed by atoms with van der Waals surface area (Å²) < 4.78 is 3.86. The van der Waals surface area contributed by atoms with Gasteiger partial charge < -0.3 is 16.2 Å². The lowest BCUT2D eigenvalue weighted by Gasteiger charge is -2.23. The Hall–Kier alpha value is -0.880. The number of aliphatic hydroxyl groups excluding tert-OH is 1. The molecule has 0 aliphatic rings. The van der Waals surface area contributed by atoms with E-state index in [1.165, 1.54) is 11.5 Å². The molecule has 6 heteroatoms. The molecule has 1 rings (SSSR count). The van der Waals surface area contributed by atoms with E-state index in [4.69, 9.17) is 10.8 Å². The van der Waals surface area contributed by atoms with Gasteiger partial charge in [-0.05, 0) is 11.8 Å². The normalized spacial score (nSPS) is 11.6. The van der Waals surface area contributed by atoms with Gasteiger partial charge in [-0.2, -0.15) is 9.36 Å². The first-order chi connectivity index (χ1) is 6.53. The van der Waals surface area contributed by atoms with Gasteiger partial charge in [0.15, 0.2) is 0 Å². The minimum absolute atomic E-state index is 0.0508. The van der Waals surface area contributed by atoms with Crippen molar-refractivity contribution in [1.82, 2.24) is 9.36 Å². The molecule has 0 amide bonds. The quantitative estimate of drug-likeness (QED) is 0.682. The van der Waals surface area contributed by atoms with Gasteiger partial charge in [0.1, 0.15) is 0 Å². The van der Waals surface area contributed by atoms with Crippen LogP contribution in [-0.4, -0.2) is 27.6 Å². The molecule has 0 saturated heterocycles. The third kappa shape index (κ3) is 3.47. The highest BCUT2D eigenvalue weighted by Crippen LogP contribution is 2.21. The molecule has 5 nitrogen and oxygen atoms in total. The van der Waals surface area contributed by atoms with Gasteiger partial charge in [0.25, 0.3) is 0 Å². The number of hydrogen-bond donors (Lipinski definition) is 3. The van der Waals surface area contributed by atoms with Gasteiger partial charge in [0.2, 0.25) is 11.1 Å². The van der Waals surface area contributed by atoms with Crippen LogP contribution in [0.4, 0.5) is 11.1 Å². The highest BCUT2D eigenvalue weighted by atomic mass is 32.1. The summed E-state index contributed by atoms with van der Waals surface area (Å²) in [5, 5.41) is 12.7. The van der Waals surface area contributed by atoms with Gasteiger partial charge in [-0.25, -0.2) is 0 Å². The molecule has 0 bridgehead atoms. The summed E-state index contributed by atoms with van der Waals surface area (Å²) in [4.78, 5) is 3.99. The zero-order chi connectivity index (χ0) is 10.6. The molecule has 0 unspecified atom stereocenters. The molecule has 80 valence electrons. The predicted octanol–water partition coefficient (Wildman–Crippen LogP) is 0.941. The molecule has 1 heterocycles. The van der Waals surface area contributed by atoms with Crippen molar-refractivity contribution in [2.24, 2.45) is 5.41 Å². The van der Waals surface area contributed by atoms with Crippen molar-refractivity contribution in [2.75, 3.05) is 24.2 Å². The van der Waals surface area contributed by atoms with Crippen LogP contribution in [0.15, 0.2) is 0 Å². The minimum Gasteiger partial charge on any atom is -0.396 e. The summed E-state index contributed by atoms with van der Waals surface area (Å²) in [6.45, 7) is 5.12. The third-order valence-electron chi connectivity index (χ3n) is 1.95. The van der Waals surface area contributed by atoms with Crippen LogP contribution in [-0.2, 0) is 0 Å². The van der Waals surface area contributed by atoms with E-state index >= 15 is 0 Å². The molecule has 0 spiro atoms. The number of aromatic nitrogens is 2. The molecule has 0 saturated carbocycles. The maximum atomic E-state index is 8.83. The Morgan fingerprint density at radius 2 is 2.29 bits per heavy atom. The summed E-state index contributed by atoms with van der Waals surface area (Å²) in [6, 6.07) is 0. The zero-order valence-electron chi connectivity index (χ0n) is 8.45. The van der Waals surface area contributed by atoms with Crippen LogP contribution in [0.5, 0.6) is 0 Å². The van der Waals surface area contributed by atoms with E-state index in [1.807, 2.05) is 0 Å². The fraction of sp³-hybridized carbons (Fsp3) is 0.750. The van der Waals surface area contributed by atoms with Gasteiger partial charge >= 0.3 is 0 Å². The summed E-state index contributed by atoms with van der Waals surface area (Å²) in [6.07, 6.45) is 0.758. The van der Waals surface area contributed by atoms with Crippen molar-refractivity contribution in [2.45, 2.75) is 20.3 Å². The second-order valence-electron chi connectivity index (χ2n) is 3.95. The third-order valence-corrected chi connectivity index (χ3v) is 2.64. The molecule has 14 heavy (non-hydrogen) atoms. The number of nitrogens with one attached hydrogen (secondary N) is 1. The van der Waals surface area contributed by atoms with Crippen LogP contribution in [0.25, 0.3) is 0 Å². The maximum absolute atomic E-state index is 8.83. The Morgan fingerprint density at radius 1 is 1.57 bits per heavy atom. The SMILES string of the molecule is CC(C)(CCO)CNc1nc(N)ns1. The van der Waals surface area contributed by atoms with Crippen LogP contribution in [0.1, 0.15) is 20.3 Å². The molecule has 1 aromatic heterocycles. The van der Waals surface area contributed by atoms with Crippen LogP contribution < -0.4 is 11.1 Å². The van der Waals surface area contributed by atoms with Gasteiger partial charge in [-0.1, -0.05) is 13.8 Å². The molecule has 0 fully saturated rings. The lowest BCUT2D eigenvalue weighted by atomic mass is 9.90. The number of aliphatic hydroxyl groups is 1. The number of rotatable bonds is 5. The second-order valence-corrected chi connectivity index (χ2v) is 4.70. The standard InChI is InChI=1S/C8H16N4OS/c1-8(2,3-4-13)5-10-7-11-6(9)12-14-7/h13H,3-5H2,1-2H3,(H3,9,10,11,12). The van der Waals surface area contributed by atoms with E-state index in [0.717, 1.165) is 18.1 Å². The van der Waals surface area contributed by atoms with Gasteiger partial charge in [0.05, 0.1) is 0 Å². The first-order valence-corrected chi connectivity index (χ1v) is 5.25. The molecular formula is C8H16N4OS. The van der Waals surface area contributed by atoms with Gasteiger partial charge in [0, 0.05) is 24.7 Å². The lowest BCUT2D eigenvalue weighted by Crippen LogP contribution is -2.24. The van der Waals surface area contributed by atoms with Crippen LogP contribution >= 0.6 is 11.5 Å². The van der Waals surface area contributed by atoms with Crippen LogP contribution in [0.3, 0.4) is 0 Å². The Balaban J connectivity index is 2.40. The highest BCUT2D eigenvalue weighted by Gasteiger charge is 2.17. The lowest BCUT2D eigenvalue weighted by molar-refractivity contribution is 0.220. The summed E-state index contributed by atoms with van der Waals surface area (Å²) in [5.74, 6) is 0.303. The van der Waals surface area contributed by atoms with E-state index < -0.39 is 0 Å². The molecular weight excluding hydrogens is 200 g/mol. The first kappa shape index (κ1) is 11.2. The van der Waals surface area contributed by atoms with Crippen molar-refractivity contribution < 1.29 is 5.11 Å². The monoisotopic (exact) mass is 216 g/mol. The maximum Gasteiger partial charge on any atom is 0.233 e. The molecule has 0 radical (unpaired) electrons. The average molecular weight is 216 g/mol. The molecule has 1 aromatic rings. The van der Waals surface area contributed by atoms with Crippen molar-refractivity contribution >= 4 is 22.6 Å². The number of nitrogen functional groups attached to an aromatic ring is 1. The second kappa shape index (κ2) is 4.56. The Morgan fingerprint density at radius 3 is 2.79 bits per heavy atom. The van der Waals surface area contributed by atoms with E-state index in [9.17, 15) is 0 Å². The zero-order valence-corrected chi connectivity index (χ0v) is 9.27. The summed E-state index contributed by atoms with van der Waals surface area (Å²) in [7, 11) is 0. The van der Waals surface area contributed by atoms with E-state index in [2.05, 4.69) is 28.5 Å². The smallest absolute Gasteiger partial charge is 0.233 e. The van der Waals surface area contributed by atoms with Crippen molar-refractivity contribution in [3.63, 3.8) is 0 Å². The largest absolute Gasteiger partial charge is 0.396 e. The molecule has 4 N–H and O–H groups in total. The van der Waals surface area contributed by atoms with Crippen LogP contribution in [0.2, 0.25) is 0 Å². The topological polar surface area (TPSA) is 84.1 Å². The fourth-order valence-electron chi connectivity index (χ4n) is 1.01. The number of nitrogens with zero attached hydrogens (tertiary/aromatic N) is 2. The average Bonchev–Trinajstić information content (AvgIpc) is 2.48. The Bertz CT molecular complexity index is 287. The Labute approximate surface area is 87.5 Å². The highest BCUT2D eigenvalue weighted by molar-refractivity contribution is 7.09. The minimum atomic E-state index is 0.0508. The van der Waals surface area contributed by atoms with Crippen LogP contribution in [0, 0.1) is 5.41 Å². The van der Waals surface area contributed by atoms with Crippen molar-refractivity contribution in [1.29, 1.82) is 0 Å². The summed E-state index contributed by atoms with van der Waals surface area (Å²) in [5.41, 5.74) is 5.44. The molecule has 0 atom stereocenters. The van der Waals surface area contributed by atoms with Crippen molar-refractivity contribution in [3.8, 4) is 0 Å².